The Morgan fingerprint density at radius 1 is 1.25 bits per heavy atom. The zero-order valence-electron chi connectivity index (χ0n) is 14.7. The first-order valence-electron chi connectivity index (χ1n) is 8.11. The minimum Gasteiger partial charge on any atom is -0.386 e. The number of aliphatic hydroxyl groups is 1. The second-order valence-corrected chi connectivity index (χ2v) is 6.49. The summed E-state index contributed by atoms with van der Waals surface area (Å²) in [5, 5.41) is 10.6. The first-order valence-corrected chi connectivity index (χ1v) is 8.11. The van der Waals surface area contributed by atoms with E-state index >= 15 is 0 Å². The van der Waals surface area contributed by atoms with Crippen LogP contribution in [0.3, 0.4) is 0 Å². The summed E-state index contributed by atoms with van der Waals surface area (Å²) in [6, 6.07) is 1.26. The highest BCUT2D eigenvalue weighted by Crippen LogP contribution is 2.31. The number of hydrogen-bond acceptors (Lipinski definition) is 6. The summed E-state index contributed by atoms with van der Waals surface area (Å²) in [4.78, 5) is 23.8. The van der Waals surface area contributed by atoms with Crippen molar-refractivity contribution < 1.29 is 19.3 Å². The van der Waals surface area contributed by atoms with Crippen molar-refractivity contribution in [2.75, 3.05) is 6.61 Å². The Morgan fingerprint density at radius 3 is 2.50 bits per heavy atom. The lowest BCUT2D eigenvalue weighted by atomic mass is 10.1. The van der Waals surface area contributed by atoms with E-state index in [0.29, 0.717) is 0 Å². The summed E-state index contributed by atoms with van der Waals surface area (Å²) < 4.78 is 19.4. The molecule has 2 unspecified atom stereocenters. The highest BCUT2D eigenvalue weighted by atomic mass is 16.6. The summed E-state index contributed by atoms with van der Waals surface area (Å²) in [7, 11) is 1.38. The standard InChI is InChI=1S/C16H26N2O6/c1-9(2)22-8-11-14(23-10(3)4)13(20)15(24-11)18-7-6-12(19)17(5)16(18)21/h6-7,9-11,13-15,20H,8H2,1-5H3/t11-,13?,14?,15-/m1/s1. The van der Waals surface area contributed by atoms with Gasteiger partial charge >= 0.3 is 5.69 Å². The minimum absolute atomic E-state index is 0.00441. The molecule has 24 heavy (non-hydrogen) atoms. The first kappa shape index (κ1) is 18.9. The molecule has 2 rings (SSSR count). The van der Waals surface area contributed by atoms with Crippen LogP contribution in [-0.4, -0.2) is 51.4 Å². The quantitative estimate of drug-likeness (QED) is 0.784. The summed E-state index contributed by atoms with van der Waals surface area (Å²) in [5.74, 6) is 0. The summed E-state index contributed by atoms with van der Waals surface area (Å²) >= 11 is 0. The van der Waals surface area contributed by atoms with Gasteiger partial charge in [0.05, 0.1) is 18.8 Å². The lowest BCUT2D eigenvalue weighted by Crippen LogP contribution is -2.42. The van der Waals surface area contributed by atoms with Crippen LogP contribution in [0, 0.1) is 0 Å². The number of ether oxygens (including phenoxy) is 3. The third-order valence-electron chi connectivity index (χ3n) is 3.82. The zero-order valence-corrected chi connectivity index (χ0v) is 14.7. The number of hydrogen-bond donors (Lipinski definition) is 1. The molecule has 1 N–H and O–H groups in total. The van der Waals surface area contributed by atoms with Gasteiger partial charge in [0, 0.05) is 19.3 Å². The van der Waals surface area contributed by atoms with E-state index in [0.717, 1.165) is 4.57 Å². The lowest BCUT2D eigenvalue weighted by Gasteiger charge is -2.23. The van der Waals surface area contributed by atoms with Crippen LogP contribution in [-0.2, 0) is 21.3 Å². The number of rotatable bonds is 6. The molecule has 0 spiro atoms. The molecule has 2 heterocycles. The fraction of sp³-hybridized carbons (Fsp3) is 0.750. The predicted molar refractivity (Wildman–Crippen MR) is 87.0 cm³/mol. The second-order valence-electron chi connectivity index (χ2n) is 6.49. The average Bonchev–Trinajstić information content (AvgIpc) is 2.79. The molecule has 1 aliphatic rings. The van der Waals surface area contributed by atoms with Crippen LogP contribution < -0.4 is 11.2 Å². The van der Waals surface area contributed by atoms with Gasteiger partial charge in [-0.15, -0.1) is 0 Å². The summed E-state index contributed by atoms with van der Waals surface area (Å²) in [6.45, 7) is 7.76. The number of nitrogens with zero attached hydrogens (tertiary/aromatic N) is 2. The molecule has 4 atom stereocenters. The average molecular weight is 342 g/mol. The third kappa shape index (κ3) is 3.94. The molecular formula is C16H26N2O6. The van der Waals surface area contributed by atoms with Crippen molar-refractivity contribution in [1.29, 1.82) is 0 Å². The molecule has 8 nitrogen and oxygen atoms in total. The van der Waals surface area contributed by atoms with Crippen LogP contribution in [0.5, 0.6) is 0 Å². The highest BCUT2D eigenvalue weighted by Gasteiger charge is 2.46. The molecular weight excluding hydrogens is 316 g/mol. The molecule has 8 heteroatoms. The van der Waals surface area contributed by atoms with Gasteiger partial charge in [-0.05, 0) is 27.7 Å². The number of aromatic nitrogens is 2. The molecule has 1 aromatic heterocycles. The van der Waals surface area contributed by atoms with E-state index in [4.69, 9.17) is 14.2 Å². The van der Waals surface area contributed by atoms with Crippen molar-refractivity contribution >= 4 is 0 Å². The van der Waals surface area contributed by atoms with E-state index in [2.05, 4.69) is 0 Å². The van der Waals surface area contributed by atoms with Crippen LogP contribution in [0.1, 0.15) is 33.9 Å². The van der Waals surface area contributed by atoms with Crippen molar-refractivity contribution in [2.24, 2.45) is 7.05 Å². The Labute approximate surface area is 140 Å². The summed E-state index contributed by atoms with van der Waals surface area (Å²) in [6.07, 6.45) is -1.92. The smallest absolute Gasteiger partial charge is 0.332 e. The van der Waals surface area contributed by atoms with Gasteiger partial charge in [0.25, 0.3) is 5.56 Å². The van der Waals surface area contributed by atoms with Crippen molar-refractivity contribution in [2.45, 2.75) is 64.4 Å². The molecule has 136 valence electrons. The fourth-order valence-corrected chi connectivity index (χ4v) is 2.63. The molecule has 1 aliphatic heterocycles. The van der Waals surface area contributed by atoms with Crippen molar-refractivity contribution in [3.05, 3.63) is 33.1 Å². The Kier molecular flexibility index (Phi) is 5.97. The van der Waals surface area contributed by atoms with Gasteiger partial charge < -0.3 is 19.3 Å². The predicted octanol–water partition coefficient (Wildman–Crippen LogP) is 0.0239. The largest absolute Gasteiger partial charge is 0.386 e. The van der Waals surface area contributed by atoms with Gasteiger partial charge in [-0.3, -0.25) is 13.9 Å². The molecule has 0 aliphatic carbocycles. The van der Waals surface area contributed by atoms with Gasteiger partial charge in [-0.25, -0.2) is 4.79 Å². The maximum absolute atomic E-state index is 12.3. The molecule has 0 saturated carbocycles. The third-order valence-corrected chi connectivity index (χ3v) is 3.82. The Bertz CT molecular complexity index is 665. The first-order chi connectivity index (χ1) is 11.2. The van der Waals surface area contributed by atoms with Gasteiger partial charge in [0.1, 0.15) is 18.3 Å². The van der Waals surface area contributed by atoms with Crippen molar-refractivity contribution in [3.8, 4) is 0 Å². The molecule has 1 fully saturated rings. The topological polar surface area (TPSA) is 91.9 Å². The maximum atomic E-state index is 12.3. The molecule has 1 aromatic rings. The number of aliphatic hydroxyl groups excluding tert-OH is 1. The van der Waals surface area contributed by atoms with Gasteiger partial charge in [-0.1, -0.05) is 0 Å². The molecule has 0 radical (unpaired) electrons. The Morgan fingerprint density at radius 2 is 1.92 bits per heavy atom. The summed E-state index contributed by atoms with van der Waals surface area (Å²) in [5.41, 5.74) is -0.973. The normalized spacial score (nSPS) is 27.3. The second kappa shape index (κ2) is 7.60. The lowest BCUT2D eigenvalue weighted by molar-refractivity contribution is -0.0980. The van der Waals surface area contributed by atoms with E-state index in [1.807, 2.05) is 27.7 Å². The van der Waals surface area contributed by atoms with Crippen LogP contribution in [0.4, 0.5) is 0 Å². The molecule has 0 bridgehead atoms. The SMILES string of the molecule is CC(C)OC[C@H]1O[C@@H](n2ccc(=O)n(C)c2=O)C(O)C1OC(C)C. The molecule has 1 saturated heterocycles. The van der Waals surface area contributed by atoms with Crippen molar-refractivity contribution in [3.63, 3.8) is 0 Å². The van der Waals surface area contributed by atoms with Crippen molar-refractivity contribution in [1.82, 2.24) is 9.13 Å². The van der Waals surface area contributed by atoms with Crippen LogP contribution in [0.2, 0.25) is 0 Å². The van der Waals surface area contributed by atoms with E-state index in [1.54, 1.807) is 0 Å². The van der Waals surface area contributed by atoms with E-state index in [1.165, 1.54) is 23.9 Å². The van der Waals surface area contributed by atoms with Crippen LogP contribution in [0.25, 0.3) is 0 Å². The van der Waals surface area contributed by atoms with E-state index < -0.39 is 35.8 Å². The fourth-order valence-electron chi connectivity index (χ4n) is 2.63. The van der Waals surface area contributed by atoms with Crippen LogP contribution >= 0.6 is 0 Å². The highest BCUT2D eigenvalue weighted by molar-refractivity contribution is 4.95. The van der Waals surface area contributed by atoms with E-state index in [-0.39, 0.29) is 18.8 Å². The van der Waals surface area contributed by atoms with Gasteiger partial charge in [0.2, 0.25) is 0 Å². The molecule has 0 aromatic carbocycles. The van der Waals surface area contributed by atoms with Gasteiger partial charge in [-0.2, -0.15) is 0 Å². The van der Waals surface area contributed by atoms with Crippen LogP contribution in [0.15, 0.2) is 21.9 Å². The van der Waals surface area contributed by atoms with E-state index in [9.17, 15) is 14.7 Å². The Balaban J connectivity index is 2.30. The zero-order chi connectivity index (χ0) is 18.0. The monoisotopic (exact) mass is 342 g/mol. The maximum Gasteiger partial charge on any atom is 0.332 e. The van der Waals surface area contributed by atoms with Gasteiger partial charge in [0.15, 0.2) is 6.23 Å². The molecule has 0 amide bonds. The Hall–Kier alpha value is -1.48. The minimum atomic E-state index is -1.05.